The molecule has 4 heteroatoms. The molecule has 0 atom stereocenters. The number of ether oxygens (including phenoxy) is 1. The monoisotopic (exact) mass is 236 g/mol. The molecule has 0 unspecified atom stereocenters. The minimum atomic E-state index is 0.670. The average molecular weight is 236 g/mol. The van der Waals surface area contributed by atoms with E-state index in [4.69, 9.17) is 4.74 Å². The van der Waals surface area contributed by atoms with Gasteiger partial charge in [-0.2, -0.15) is 0 Å². The number of para-hydroxylation sites is 1. The van der Waals surface area contributed by atoms with Gasteiger partial charge >= 0.3 is 0 Å². The van der Waals surface area contributed by atoms with Gasteiger partial charge in [0.25, 0.3) is 0 Å². The van der Waals surface area contributed by atoms with Gasteiger partial charge in [-0.3, -0.25) is 4.99 Å². The van der Waals surface area contributed by atoms with Crippen LogP contribution in [0.5, 0.6) is 5.75 Å². The Hall–Kier alpha value is -1.16. The van der Waals surface area contributed by atoms with E-state index in [1.54, 1.807) is 11.8 Å². The number of hydrogen-bond donors (Lipinski definition) is 1. The maximum absolute atomic E-state index is 5.57. The van der Waals surface area contributed by atoms with E-state index in [0.29, 0.717) is 6.61 Å². The van der Waals surface area contributed by atoms with Gasteiger partial charge < -0.3 is 10.1 Å². The highest BCUT2D eigenvalue weighted by Gasteiger charge is 2.04. The Labute approximate surface area is 100 Å². The first kappa shape index (κ1) is 11.3. The molecule has 0 radical (unpaired) electrons. The van der Waals surface area contributed by atoms with E-state index in [-0.39, 0.29) is 0 Å². The number of nitrogens with one attached hydrogen (secondary N) is 1. The highest BCUT2D eigenvalue weighted by molar-refractivity contribution is 8.13. The SMILES string of the molecule is c1ccc(OCCNC2=NCCCS2)cc1. The quantitative estimate of drug-likeness (QED) is 0.813. The van der Waals surface area contributed by atoms with Crippen molar-refractivity contribution in [3.63, 3.8) is 0 Å². The van der Waals surface area contributed by atoms with Gasteiger partial charge in [-0.15, -0.1) is 0 Å². The van der Waals surface area contributed by atoms with Gasteiger partial charge in [-0.05, 0) is 18.6 Å². The highest BCUT2D eigenvalue weighted by atomic mass is 32.2. The molecule has 3 nitrogen and oxygen atoms in total. The Bertz CT molecular complexity index is 340. The van der Waals surface area contributed by atoms with Crippen molar-refractivity contribution >= 4 is 16.9 Å². The second-order valence-corrected chi connectivity index (χ2v) is 4.56. The molecule has 1 aromatic rings. The van der Waals surface area contributed by atoms with Crippen LogP contribution >= 0.6 is 11.8 Å². The summed E-state index contributed by atoms with van der Waals surface area (Å²) < 4.78 is 5.57. The molecule has 0 saturated heterocycles. The van der Waals surface area contributed by atoms with E-state index in [0.717, 1.165) is 24.0 Å². The zero-order valence-corrected chi connectivity index (χ0v) is 10.0. The van der Waals surface area contributed by atoms with Gasteiger partial charge in [0.15, 0.2) is 5.17 Å². The summed E-state index contributed by atoms with van der Waals surface area (Å²) in [5.74, 6) is 2.09. The van der Waals surface area contributed by atoms with Crippen LogP contribution in [0.3, 0.4) is 0 Å². The zero-order valence-electron chi connectivity index (χ0n) is 9.19. The van der Waals surface area contributed by atoms with Crippen molar-refractivity contribution < 1.29 is 4.74 Å². The van der Waals surface area contributed by atoms with Gasteiger partial charge in [0, 0.05) is 12.3 Å². The second-order valence-electron chi connectivity index (χ2n) is 3.48. The number of hydrogen-bond acceptors (Lipinski definition) is 4. The molecular formula is C12H16N2OS. The lowest BCUT2D eigenvalue weighted by Crippen LogP contribution is -2.27. The first-order valence-electron chi connectivity index (χ1n) is 5.54. The van der Waals surface area contributed by atoms with Crippen LogP contribution in [0.2, 0.25) is 0 Å². The van der Waals surface area contributed by atoms with Crippen LogP contribution in [0.15, 0.2) is 35.3 Å². The fourth-order valence-electron chi connectivity index (χ4n) is 1.41. The van der Waals surface area contributed by atoms with Gasteiger partial charge in [0.1, 0.15) is 12.4 Å². The van der Waals surface area contributed by atoms with E-state index in [9.17, 15) is 0 Å². The molecule has 1 aromatic carbocycles. The van der Waals surface area contributed by atoms with Crippen LogP contribution in [-0.4, -0.2) is 30.6 Å². The third-order valence-corrected chi connectivity index (χ3v) is 3.23. The number of rotatable bonds is 4. The number of benzene rings is 1. The first-order chi connectivity index (χ1) is 7.95. The predicted octanol–water partition coefficient (Wildman–Crippen LogP) is 2.15. The third-order valence-electron chi connectivity index (χ3n) is 2.19. The normalized spacial score (nSPS) is 15.4. The zero-order chi connectivity index (χ0) is 11.1. The molecule has 16 heavy (non-hydrogen) atoms. The van der Waals surface area contributed by atoms with Crippen molar-refractivity contribution in [2.45, 2.75) is 6.42 Å². The van der Waals surface area contributed by atoms with Crippen LogP contribution in [0.4, 0.5) is 0 Å². The van der Waals surface area contributed by atoms with Crippen molar-refractivity contribution in [1.82, 2.24) is 5.32 Å². The van der Waals surface area contributed by atoms with Crippen LogP contribution in [0.1, 0.15) is 6.42 Å². The summed E-state index contributed by atoms with van der Waals surface area (Å²) in [6.07, 6.45) is 1.19. The topological polar surface area (TPSA) is 33.6 Å². The standard InChI is InChI=1S/C12H16N2OS/c1-2-5-11(6-3-1)15-9-8-14-12-13-7-4-10-16-12/h1-3,5-6H,4,7-10H2,(H,13,14). The summed E-state index contributed by atoms with van der Waals surface area (Å²) in [4.78, 5) is 4.39. The molecule has 0 aromatic heterocycles. The van der Waals surface area contributed by atoms with Crippen molar-refractivity contribution in [2.24, 2.45) is 4.99 Å². The Kier molecular flexibility index (Phi) is 4.55. The Balaban J connectivity index is 1.63. The van der Waals surface area contributed by atoms with Crippen molar-refractivity contribution in [3.05, 3.63) is 30.3 Å². The lowest BCUT2D eigenvalue weighted by atomic mass is 10.3. The van der Waals surface area contributed by atoms with Crippen molar-refractivity contribution in [1.29, 1.82) is 0 Å². The molecule has 0 fully saturated rings. The summed E-state index contributed by atoms with van der Waals surface area (Å²) in [6, 6.07) is 9.87. The van der Waals surface area contributed by atoms with Crippen LogP contribution < -0.4 is 10.1 Å². The van der Waals surface area contributed by atoms with E-state index >= 15 is 0 Å². The largest absolute Gasteiger partial charge is 0.492 e. The Morgan fingerprint density at radius 3 is 2.94 bits per heavy atom. The summed E-state index contributed by atoms with van der Waals surface area (Å²) in [5.41, 5.74) is 0. The van der Waals surface area contributed by atoms with Gasteiger partial charge in [0.05, 0.1) is 6.54 Å². The van der Waals surface area contributed by atoms with Gasteiger partial charge in [-0.25, -0.2) is 0 Å². The summed E-state index contributed by atoms with van der Waals surface area (Å²) in [5, 5.41) is 4.34. The lowest BCUT2D eigenvalue weighted by molar-refractivity contribution is 0.323. The maximum atomic E-state index is 5.57. The second kappa shape index (κ2) is 6.43. The van der Waals surface area contributed by atoms with Crippen molar-refractivity contribution in [2.75, 3.05) is 25.4 Å². The predicted molar refractivity (Wildman–Crippen MR) is 69.3 cm³/mol. The summed E-state index contributed by atoms with van der Waals surface area (Å²) in [6.45, 7) is 2.43. The molecule has 2 rings (SSSR count). The molecule has 1 aliphatic rings. The average Bonchev–Trinajstić information content (AvgIpc) is 2.37. The number of aliphatic imine (C=N–C) groups is 1. The van der Waals surface area contributed by atoms with E-state index < -0.39 is 0 Å². The van der Waals surface area contributed by atoms with Crippen LogP contribution in [0, 0.1) is 0 Å². The van der Waals surface area contributed by atoms with E-state index in [2.05, 4.69) is 10.3 Å². The molecule has 0 saturated carbocycles. The fraction of sp³-hybridized carbons (Fsp3) is 0.417. The summed E-state index contributed by atoms with van der Waals surface area (Å²) >= 11 is 1.79. The van der Waals surface area contributed by atoms with Crippen LogP contribution in [-0.2, 0) is 0 Å². The van der Waals surface area contributed by atoms with E-state index in [1.807, 2.05) is 30.3 Å². The number of thioether (sulfide) groups is 1. The minimum Gasteiger partial charge on any atom is -0.492 e. The third kappa shape index (κ3) is 3.77. The van der Waals surface area contributed by atoms with Gasteiger partial charge in [-0.1, -0.05) is 30.0 Å². The molecule has 0 aliphatic carbocycles. The molecule has 0 bridgehead atoms. The lowest BCUT2D eigenvalue weighted by Gasteiger charge is -2.13. The molecule has 0 amide bonds. The molecule has 1 heterocycles. The smallest absolute Gasteiger partial charge is 0.156 e. The van der Waals surface area contributed by atoms with Crippen LogP contribution in [0.25, 0.3) is 0 Å². The Morgan fingerprint density at radius 2 is 2.19 bits per heavy atom. The first-order valence-corrected chi connectivity index (χ1v) is 6.53. The van der Waals surface area contributed by atoms with Gasteiger partial charge in [0.2, 0.25) is 0 Å². The maximum Gasteiger partial charge on any atom is 0.156 e. The molecule has 1 aliphatic heterocycles. The number of amidine groups is 1. The minimum absolute atomic E-state index is 0.670. The highest BCUT2D eigenvalue weighted by Crippen LogP contribution is 2.10. The summed E-state index contributed by atoms with van der Waals surface area (Å²) in [7, 11) is 0. The molecule has 1 N–H and O–H groups in total. The molecule has 86 valence electrons. The number of nitrogens with zero attached hydrogens (tertiary/aromatic N) is 1. The molecule has 0 spiro atoms. The Morgan fingerprint density at radius 1 is 1.31 bits per heavy atom. The van der Waals surface area contributed by atoms with E-state index in [1.165, 1.54) is 12.2 Å². The fourth-order valence-corrected chi connectivity index (χ4v) is 2.26. The van der Waals surface area contributed by atoms with Crippen molar-refractivity contribution in [3.8, 4) is 5.75 Å². The molecular weight excluding hydrogens is 220 g/mol.